The number of aliphatic hydroxyl groups is 2. The lowest BCUT2D eigenvalue weighted by Crippen LogP contribution is -2.39. The Morgan fingerprint density at radius 3 is 2.52 bits per heavy atom. The van der Waals surface area contributed by atoms with Gasteiger partial charge in [0.05, 0.1) is 12.2 Å². The standard InChI is InChI=1S/C26H37NO6/c1-17-10-8-6-4-5-7-9-11-25(32)33-26(17)19(3)12-18(2)22(29)16-21(28)13-20-14-23(30)27-24(31)15-20/h4,6,8-12,17-18,20-22,26,28-29H,5,7,13-16H2,1-3H3,(H,27,30,31)/b6-4+,10-8-,11-9+,19-12+/t17-,18-,21+,22+,26+/m0/s1. The fourth-order valence-corrected chi connectivity index (χ4v) is 4.28. The second-order valence-electron chi connectivity index (χ2n) is 9.22. The Balaban J connectivity index is 2.00. The van der Waals surface area contributed by atoms with Crippen LogP contribution in [0.5, 0.6) is 0 Å². The van der Waals surface area contributed by atoms with Crippen molar-refractivity contribution in [1.82, 2.24) is 5.32 Å². The number of allylic oxidation sites excluding steroid dienone is 4. The molecule has 2 amide bonds. The molecule has 182 valence electrons. The first kappa shape index (κ1) is 26.7. The highest BCUT2D eigenvalue weighted by molar-refractivity contribution is 5.97. The average molecular weight is 460 g/mol. The zero-order valence-electron chi connectivity index (χ0n) is 19.8. The minimum absolute atomic E-state index is 0.0624. The van der Waals surface area contributed by atoms with Gasteiger partial charge in [0.25, 0.3) is 0 Å². The molecule has 2 aliphatic heterocycles. The maximum absolute atomic E-state index is 12.2. The quantitative estimate of drug-likeness (QED) is 0.306. The van der Waals surface area contributed by atoms with E-state index in [1.54, 1.807) is 6.08 Å². The molecule has 2 rings (SSSR count). The van der Waals surface area contributed by atoms with Gasteiger partial charge in [-0.1, -0.05) is 50.3 Å². The van der Waals surface area contributed by atoms with Crippen LogP contribution in [0.3, 0.4) is 0 Å². The normalized spacial score (nSPS) is 29.0. The van der Waals surface area contributed by atoms with E-state index in [4.69, 9.17) is 4.74 Å². The number of rotatable bonds is 7. The molecule has 3 N–H and O–H groups in total. The average Bonchev–Trinajstić information content (AvgIpc) is 2.71. The highest BCUT2D eigenvalue weighted by Crippen LogP contribution is 2.25. The lowest BCUT2D eigenvalue weighted by molar-refractivity contribution is -0.142. The predicted molar refractivity (Wildman–Crippen MR) is 126 cm³/mol. The molecule has 1 fully saturated rings. The van der Waals surface area contributed by atoms with E-state index in [1.165, 1.54) is 6.08 Å². The van der Waals surface area contributed by atoms with Crippen LogP contribution in [0.4, 0.5) is 0 Å². The molecule has 5 atom stereocenters. The van der Waals surface area contributed by atoms with Crippen molar-refractivity contribution in [2.45, 2.75) is 77.6 Å². The van der Waals surface area contributed by atoms with Crippen LogP contribution in [0.2, 0.25) is 0 Å². The number of carbonyl (C=O) groups is 3. The first-order valence-corrected chi connectivity index (χ1v) is 11.7. The lowest BCUT2D eigenvalue weighted by Gasteiger charge is -2.27. The number of esters is 1. The number of hydrogen-bond acceptors (Lipinski definition) is 6. The second kappa shape index (κ2) is 13.3. The minimum Gasteiger partial charge on any atom is -0.454 e. The number of amides is 2. The van der Waals surface area contributed by atoms with Gasteiger partial charge in [-0.05, 0) is 44.1 Å². The van der Waals surface area contributed by atoms with Crippen LogP contribution in [0.1, 0.15) is 59.3 Å². The Hall–Kier alpha value is -2.51. The number of aliphatic hydroxyl groups excluding tert-OH is 2. The summed E-state index contributed by atoms with van der Waals surface area (Å²) in [5.74, 6) is -1.61. The van der Waals surface area contributed by atoms with Gasteiger partial charge in [0.15, 0.2) is 0 Å². The van der Waals surface area contributed by atoms with Crippen LogP contribution in [0.15, 0.2) is 48.1 Å². The van der Waals surface area contributed by atoms with Crippen molar-refractivity contribution in [3.05, 3.63) is 48.1 Å². The summed E-state index contributed by atoms with van der Waals surface area (Å²) < 4.78 is 5.71. The Kier molecular flexibility index (Phi) is 10.7. The molecule has 1 saturated heterocycles. The molecule has 0 unspecified atom stereocenters. The summed E-state index contributed by atoms with van der Waals surface area (Å²) in [4.78, 5) is 35.3. The summed E-state index contributed by atoms with van der Waals surface area (Å²) in [6, 6.07) is 0. The smallest absolute Gasteiger partial charge is 0.331 e. The van der Waals surface area contributed by atoms with Crippen LogP contribution < -0.4 is 5.32 Å². The zero-order valence-corrected chi connectivity index (χ0v) is 19.8. The number of nitrogens with one attached hydrogen (secondary N) is 1. The molecule has 7 heteroatoms. The molecule has 0 aromatic carbocycles. The summed E-state index contributed by atoms with van der Waals surface area (Å²) in [6.45, 7) is 5.69. The summed E-state index contributed by atoms with van der Waals surface area (Å²) in [5, 5.41) is 23.3. The maximum atomic E-state index is 12.2. The molecule has 0 aromatic heterocycles. The Morgan fingerprint density at radius 2 is 1.82 bits per heavy atom. The number of piperidine rings is 1. The molecule has 0 saturated carbocycles. The summed E-state index contributed by atoms with van der Waals surface area (Å²) in [7, 11) is 0. The summed E-state index contributed by atoms with van der Waals surface area (Å²) in [6.07, 6.45) is 13.4. The van der Waals surface area contributed by atoms with E-state index >= 15 is 0 Å². The van der Waals surface area contributed by atoms with E-state index in [2.05, 4.69) is 11.4 Å². The monoisotopic (exact) mass is 459 g/mol. The van der Waals surface area contributed by atoms with Gasteiger partial charge < -0.3 is 14.9 Å². The molecule has 7 nitrogen and oxygen atoms in total. The molecule has 0 bridgehead atoms. The maximum Gasteiger partial charge on any atom is 0.331 e. The third-order valence-corrected chi connectivity index (χ3v) is 6.06. The van der Waals surface area contributed by atoms with Crippen LogP contribution >= 0.6 is 0 Å². The first-order chi connectivity index (χ1) is 15.7. The van der Waals surface area contributed by atoms with Crippen molar-refractivity contribution < 1.29 is 29.3 Å². The molecule has 2 aliphatic rings. The van der Waals surface area contributed by atoms with Gasteiger partial charge in [0, 0.05) is 30.8 Å². The van der Waals surface area contributed by atoms with Gasteiger partial charge in [-0.15, -0.1) is 0 Å². The largest absolute Gasteiger partial charge is 0.454 e. The highest BCUT2D eigenvalue weighted by atomic mass is 16.5. The van der Waals surface area contributed by atoms with Gasteiger partial charge in [-0.3, -0.25) is 14.9 Å². The summed E-state index contributed by atoms with van der Waals surface area (Å²) >= 11 is 0. The van der Waals surface area contributed by atoms with Crippen molar-refractivity contribution in [2.24, 2.45) is 17.8 Å². The Morgan fingerprint density at radius 1 is 1.15 bits per heavy atom. The van der Waals surface area contributed by atoms with E-state index in [0.717, 1.165) is 18.4 Å². The Bertz CT molecular complexity index is 796. The second-order valence-corrected chi connectivity index (χ2v) is 9.22. The van der Waals surface area contributed by atoms with Crippen LogP contribution in [0.25, 0.3) is 0 Å². The van der Waals surface area contributed by atoms with Crippen LogP contribution in [-0.2, 0) is 19.1 Å². The molecule has 0 aromatic rings. The molecule has 0 aliphatic carbocycles. The van der Waals surface area contributed by atoms with Gasteiger partial charge in [-0.25, -0.2) is 4.79 Å². The molecular formula is C26H37NO6. The number of cyclic esters (lactones) is 1. The van der Waals surface area contributed by atoms with Gasteiger partial charge in [0.2, 0.25) is 11.8 Å². The number of imide groups is 1. The molecule has 2 heterocycles. The topological polar surface area (TPSA) is 113 Å². The highest BCUT2D eigenvalue weighted by Gasteiger charge is 2.28. The van der Waals surface area contributed by atoms with E-state index in [9.17, 15) is 24.6 Å². The third-order valence-electron chi connectivity index (χ3n) is 6.06. The SMILES string of the molecule is C/C(=C\[C@H](C)[C@H](O)C[C@H](O)CC1CC(=O)NC(=O)C1)[C@@H]1OC(=O)/C=C/CC/C=C/C=C\[C@@H]1C. The number of hydrogen-bond donors (Lipinski definition) is 3. The fraction of sp³-hybridized carbons (Fsp3) is 0.577. The predicted octanol–water partition coefficient (Wildman–Crippen LogP) is 3.13. The molecular weight excluding hydrogens is 422 g/mol. The van der Waals surface area contributed by atoms with Crippen molar-refractivity contribution in [3.63, 3.8) is 0 Å². The third kappa shape index (κ3) is 9.48. The van der Waals surface area contributed by atoms with E-state index < -0.39 is 24.3 Å². The van der Waals surface area contributed by atoms with Gasteiger partial charge in [-0.2, -0.15) is 0 Å². The lowest BCUT2D eigenvalue weighted by atomic mass is 9.87. The molecule has 0 radical (unpaired) electrons. The first-order valence-electron chi connectivity index (χ1n) is 11.7. The van der Waals surface area contributed by atoms with Gasteiger partial charge in [0.1, 0.15) is 6.10 Å². The molecule has 0 spiro atoms. The van der Waals surface area contributed by atoms with Crippen molar-refractivity contribution in [2.75, 3.05) is 0 Å². The van der Waals surface area contributed by atoms with E-state index in [0.29, 0.717) is 0 Å². The zero-order chi connectivity index (χ0) is 24.4. The van der Waals surface area contributed by atoms with E-state index in [1.807, 2.05) is 45.1 Å². The van der Waals surface area contributed by atoms with Crippen LogP contribution in [-0.4, -0.2) is 46.3 Å². The number of carbonyl (C=O) groups excluding carboxylic acids is 3. The Labute approximate surface area is 196 Å². The van der Waals surface area contributed by atoms with E-state index in [-0.39, 0.29) is 55.3 Å². The minimum atomic E-state index is -0.821. The van der Waals surface area contributed by atoms with Crippen molar-refractivity contribution in [1.29, 1.82) is 0 Å². The van der Waals surface area contributed by atoms with Gasteiger partial charge >= 0.3 is 5.97 Å². The van der Waals surface area contributed by atoms with Crippen molar-refractivity contribution in [3.8, 4) is 0 Å². The molecule has 33 heavy (non-hydrogen) atoms. The summed E-state index contributed by atoms with van der Waals surface area (Å²) in [5.41, 5.74) is 0.825. The van der Waals surface area contributed by atoms with Crippen molar-refractivity contribution >= 4 is 17.8 Å². The number of ether oxygens (including phenoxy) is 1. The van der Waals surface area contributed by atoms with Crippen LogP contribution in [0, 0.1) is 17.8 Å². The fourth-order valence-electron chi connectivity index (χ4n) is 4.28.